The normalized spacial score (nSPS) is 36.3. The lowest BCUT2D eigenvalue weighted by molar-refractivity contribution is 0.0746. The van der Waals surface area contributed by atoms with Gasteiger partial charge in [-0.05, 0) is 46.3 Å². The molecule has 1 aliphatic carbocycles. The largest absolute Gasteiger partial charge is 0.326 e. The first-order valence-corrected chi connectivity index (χ1v) is 7.84. The van der Waals surface area contributed by atoms with Crippen LogP contribution in [-0.2, 0) is 0 Å². The topological polar surface area (TPSA) is 32.5 Å². The monoisotopic (exact) mass is 253 g/mol. The SMILES string of the molecule is CN(C)C1CCCN(C2CCCCCCC2N)C1. The fourth-order valence-corrected chi connectivity index (χ4v) is 3.65. The van der Waals surface area contributed by atoms with E-state index in [1.165, 1.54) is 64.5 Å². The van der Waals surface area contributed by atoms with E-state index in [9.17, 15) is 0 Å². The summed E-state index contributed by atoms with van der Waals surface area (Å²) in [6, 6.07) is 1.79. The summed E-state index contributed by atoms with van der Waals surface area (Å²) in [7, 11) is 4.43. The molecule has 3 heteroatoms. The fraction of sp³-hybridized carbons (Fsp3) is 1.00. The molecule has 18 heavy (non-hydrogen) atoms. The minimum absolute atomic E-state index is 0.409. The van der Waals surface area contributed by atoms with Crippen molar-refractivity contribution < 1.29 is 0 Å². The van der Waals surface area contributed by atoms with E-state index in [1.807, 2.05) is 0 Å². The van der Waals surface area contributed by atoms with Crippen molar-refractivity contribution in [1.82, 2.24) is 9.80 Å². The van der Waals surface area contributed by atoms with Crippen molar-refractivity contribution in [2.45, 2.75) is 69.5 Å². The number of hydrogen-bond acceptors (Lipinski definition) is 3. The van der Waals surface area contributed by atoms with Crippen LogP contribution in [0.1, 0.15) is 51.4 Å². The minimum atomic E-state index is 0.409. The van der Waals surface area contributed by atoms with Crippen molar-refractivity contribution in [3.63, 3.8) is 0 Å². The first-order valence-electron chi connectivity index (χ1n) is 7.84. The summed E-state index contributed by atoms with van der Waals surface area (Å²) >= 11 is 0. The van der Waals surface area contributed by atoms with Gasteiger partial charge in [0.15, 0.2) is 0 Å². The van der Waals surface area contributed by atoms with Crippen LogP contribution < -0.4 is 5.73 Å². The lowest BCUT2D eigenvalue weighted by Crippen LogP contribution is -2.54. The van der Waals surface area contributed by atoms with E-state index in [1.54, 1.807) is 0 Å². The first kappa shape index (κ1) is 14.3. The van der Waals surface area contributed by atoms with Crippen LogP contribution in [-0.4, -0.2) is 55.1 Å². The van der Waals surface area contributed by atoms with E-state index < -0.39 is 0 Å². The predicted octanol–water partition coefficient (Wildman–Crippen LogP) is 2.06. The third kappa shape index (κ3) is 3.69. The zero-order chi connectivity index (χ0) is 13.0. The Bertz CT molecular complexity index is 242. The number of likely N-dealkylation sites (tertiary alicyclic amines) is 1. The van der Waals surface area contributed by atoms with Crippen LogP contribution in [0.15, 0.2) is 0 Å². The molecule has 0 radical (unpaired) electrons. The molecule has 1 saturated heterocycles. The van der Waals surface area contributed by atoms with Crippen LogP contribution in [0.2, 0.25) is 0 Å². The Morgan fingerprint density at radius 1 is 0.944 bits per heavy atom. The maximum absolute atomic E-state index is 6.45. The van der Waals surface area contributed by atoms with Gasteiger partial charge >= 0.3 is 0 Å². The lowest BCUT2D eigenvalue weighted by Gasteiger charge is -2.43. The number of rotatable bonds is 2. The Hall–Kier alpha value is -0.120. The van der Waals surface area contributed by atoms with Crippen LogP contribution >= 0.6 is 0 Å². The molecule has 2 rings (SSSR count). The lowest BCUT2D eigenvalue weighted by atomic mass is 9.90. The molecule has 0 aromatic heterocycles. The van der Waals surface area contributed by atoms with Gasteiger partial charge in [-0.1, -0.05) is 25.7 Å². The average Bonchev–Trinajstić information content (AvgIpc) is 2.34. The van der Waals surface area contributed by atoms with Crippen LogP contribution in [0.3, 0.4) is 0 Å². The van der Waals surface area contributed by atoms with Gasteiger partial charge in [0.2, 0.25) is 0 Å². The number of nitrogens with two attached hydrogens (primary N) is 1. The van der Waals surface area contributed by atoms with Crippen LogP contribution in [0.4, 0.5) is 0 Å². The predicted molar refractivity (Wildman–Crippen MR) is 77.7 cm³/mol. The maximum Gasteiger partial charge on any atom is 0.0247 e. The molecule has 2 N–H and O–H groups in total. The van der Waals surface area contributed by atoms with Gasteiger partial charge in [-0.25, -0.2) is 0 Å². The van der Waals surface area contributed by atoms with Crippen LogP contribution in [0.25, 0.3) is 0 Å². The van der Waals surface area contributed by atoms with Gasteiger partial charge in [0.25, 0.3) is 0 Å². The molecule has 2 fully saturated rings. The highest BCUT2D eigenvalue weighted by atomic mass is 15.2. The molecule has 3 atom stereocenters. The molecule has 0 aromatic carbocycles. The third-order valence-corrected chi connectivity index (χ3v) is 4.91. The number of hydrogen-bond donors (Lipinski definition) is 1. The Morgan fingerprint density at radius 3 is 2.39 bits per heavy atom. The van der Waals surface area contributed by atoms with Crippen molar-refractivity contribution in [3.05, 3.63) is 0 Å². The second kappa shape index (κ2) is 6.88. The van der Waals surface area contributed by atoms with E-state index >= 15 is 0 Å². The molecular weight excluding hydrogens is 222 g/mol. The smallest absolute Gasteiger partial charge is 0.0247 e. The van der Waals surface area contributed by atoms with E-state index in [4.69, 9.17) is 5.73 Å². The summed E-state index contributed by atoms with van der Waals surface area (Å²) in [5, 5.41) is 0. The number of nitrogens with zero attached hydrogens (tertiary/aromatic N) is 2. The highest BCUT2D eigenvalue weighted by Gasteiger charge is 2.30. The third-order valence-electron chi connectivity index (χ3n) is 4.91. The number of likely N-dealkylation sites (N-methyl/N-ethyl adjacent to an activating group) is 1. The fourth-order valence-electron chi connectivity index (χ4n) is 3.65. The summed E-state index contributed by atoms with van der Waals surface area (Å²) in [6.45, 7) is 2.49. The van der Waals surface area contributed by atoms with E-state index in [0.29, 0.717) is 12.1 Å². The molecule has 3 unspecified atom stereocenters. The van der Waals surface area contributed by atoms with Gasteiger partial charge in [-0.3, -0.25) is 4.90 Å². The molecule has 0 amide bonds. The highest BCUT2D eigenvalue weighted by molar-refractivity contribution is 4.88. The standard InChI is InChI=1S/C15H31N3/c1-17(2)13-8-7-11-18(12-13)15-10-6-4-3-5-9-14(15)16/h13-15H,3-12,16H2,1-2H3. The van der Waals surface area contributed by atoms with Crippen molar-refractivity contribution in [3.8, 4) is 0 Å². The molecule has 0 bridgehead atoms. The molecule has 0 spiro atoms. The second-order valence-corrected chi connectivity index (χ2v) is 6.48. The number of piperidine rings is 1. The van der Waals surface area contributed by atoms with Gasteiger partial charge in [-0.15, -0.1) is 0 Å². The Labute approximate surface area is 113 Å². The molecule has 0 aromatic rings. The van der Waals surface area contributed by atoms with Gasteiger partial charge in [0.1, 0.15) is 0 Å². The molecule has 1 heterocycles. The zero-order valence-electron chi connectivity index (χ0n) is 12.3. The summed E-state index contributed by atoms with van der Waals surface area (Å²) in [5.74, 6) is 0. The van der Waals surface area contributed by atoms with Gasteiger partial charge in [0, 0.05) is 24.7 Å². The van der Waals surface area contributed by atoms with E-state index in [0.717, 1.165) is 6.04 Å². The van der Waals surface area contributed by atoms with Gasteiger partial charge < -0.3 is 10.6 Å². The Morgan fingerprint density at radius 2 is 1.67 bits per heavy atom. The van der Waals surface area contributed by atoms with Gasteiger partial charge in [-0.2, -0.15) is 0 Å². The zero-order valence-corrected chi connectivity index (χ0v) is 12.3. The summed E-state index contributed by atoms with van der Waals surface area (Å²) in [6.07, 6.45) is 10.8. The summed E-state index contributed by atoms with van der Waals surface area (Å²) in [5.41, 5.74) is 6.45. The Balaban J connectivity index is 1.94. The van der Waals surface area contributed by atoms with Crippen LogP contribution in [0, 0.1) is 0 Å². The summed E-state index contributed by atoms with van der Waals surface area (Å²) < 4.78 is 0. The molecule has 106 valence electrons. The quantitative estimate of drug-likeness (QED) is 0.817. The maximum atomic E-state index is 6.45. The van der Waals surface area contributed by atoms with Gasteiger partial charge in [0.05, 0.1) is 0 Å². The minimum Gasteiger partial charge on any atom is -0.326 e. The molecule has 1 saturated carbocycles. The molecule has 2 aliphatic rings. The van der Waals surface area contributed by atoms with Crippen molar-refractivity contribution in [2.24, 2.45) is 5.73 Å². The van der Waals surface area contributed by atoms with Crippen molar-refractivity contribution >= 4 is 0 Å². The highest BCUT2D eigenvalue weighted by Crippen LogP contribution is 2.24. The first-order chi connectivity index (χ1) is 8.68. The van der Waals surface area contributed by atoms with Crippen molar-refractivity contribution in [1.29, 1.82) is 0 Å². The van der Waals surface area contributed by atoms with E-state index in [-0.39, 0.29) is 0 Å². The molecular formula is C15H31N3. The second-order valence-electron chi connectivity index (χ2n) is 6.48. The van der Waals surface area contributed by atoms with E-state index in [2.05, 4.69) is 23.9 Å². The van der Waals surface area contributed by atoms with Crippen LogP contribution in [0.5, 0.6) is 0 Å². The molecule has 3 nitrogen and oxygen atoms in total. The Kier molecular flexibility index (Phi) is 5.46. The average molecular weight is 253 g/mol. The summed E-state index contributed by atoms with van der Waals surface area (Å²) in [4.78, 5) is 5.09. The van der Waals surface area contributed by atoms with Crippen molar-refractivity contribution in [2.75, 3.05) is 27.2 Å². The molecule has 1 aliphatic heterocycles.